The highest BCUT2D eigenvalue weighted by molar-refractivity contribution is 6.26. The van der Waals surface area contributed by atoms with Crippen LogP contribution in [0.25, 0.3) is 109 Å². The Kier molecular flexibility index (Phi) is 14.6. The maximum absolute atomic E-state index is 13.7. The van der Waals surface area contributed by atoms with Gasteiger partial charge < -0.3 is 39.1 Å². The van der Waals surface area contributed by atoms with Gasteiger partial charge >= 0.3 is 0 Å². The second-order valence-corrected chi connectivity index (χ2v) is 20.6. The van der Waals surface area contributed by atoms with Crippen molar-refractivity contribution in [3.8, 4) is 44.5 Å². The number of carbonyl (C=O) groups excluding carboxylic acids is 2. The molecule has 12 aromatic carbocycles. The topological polar surface area (TPSA) is 114 Å². The van der Waals surface area contributed by atoms with Crippen molar-refractivity contribution in [3.05, 3.63) is 231 Å². The largest absolute Gasteiger partial charge is 0.493 e. The van der Waals surface area contributed by atoms with E-state index < -0.39 is 24.0 Å². The maximum atomic E-state index is 13.7. The summed E-state index contributed by atoms with van der Waals surface area (Å²) in [6, 6.07) is 72.1. The first kappa shape index (κ1) is 52.0. The first-order chi connectivity index (χ1) is 40.3. The van der Waals surface area contributed by atoms with Crippen molar-refractivity contribution < 1.29 is 38.0 Å². The molecule has 2 amide bonds. The predicted octanol–water partition coefficient (Wildman–Crippen LogP) is 15.6. The zero-order valence-electron chi connectivity index (χ0n) is 45.1. The molecule has 0 aliphatic carbocycles. The molecule has 12 aromatic rings. The molecule has 1 heterocycles. The van der Waals surface area contributed by atoms with Gasteiger partial charge in [-0.2, -0.15) is 0 Å². The van der Waals surface area contributed by atoms with Crippen molar-refractivity contribution >= 4 is 87.8 Å². The average Bonchev–Trinajstić information content (AvgIpc) is 1.91. The SMILES string of the molecule is C=C1OCCOCCO[C@H](C(=O)Nc2ccc(-c3ccc(-c4ccc5ccc6cccc7ccc4c5c67)cc3)cc2)C(=C)OCCOCCOC1C(=O)Nc1ccc(-c2ccc(-c3ccc4ccc5cccc6ccc3c4c56)cc2)cc1. The van der Waals surface area contributed by atoms with Crippen LogP contribution in [-0.2, 0) is 38.0 Å². The van der Waals surface area contributed by atoms with E-state index in [0.29, 0.717) is 11.4 Å². The summed E-state index contributed by atoms with van der Waals surface area (Å²) < 4.78 is 35.4. The molecule has 0 aromatic heterocycles. The molecule has 0 radical (unpaired) electrons. The fraction of sp³-hybridized carbons (Fsp3) is 0.139. The highest BCUT2D eigenvalue weighted by atomic mass is 16.6. The smallest absolute Gasteiger partial charge is 0.261 e. The average molecular weight is 1080 g/mol. The van der Waals surface area contributed by atoms with Crippen LogP contribution in [0.2, 0.25) is 0 Å². The summed E-state index contributed by atoms with van der Waals surface area (Å²) in [6.45, 7) is 8.96. The van der Waals surface area contributed by atoms with E-state index in [1.165, 1.54) is 75.8 Å². The molecule has 2 N–H and O–H groups in total. The van der Waals surface area contributed by atoms with Crippen molar-refractivity contribution in [2.24, 2.45) is 0 Å². The van der Waals surface area contributed by atoms with E-state index in [-0.39, 0.29) is 64.4 Å². The van der Waals surface area contributed by atoms with Crippen molar-refractivity contribution in [3.63, 3.8) is 0 Å². The number of amides is 2. The molecule has 0 bridgehead atoms. The van der Waals surface area contributed by atoms with Gasteiger partial charge in [-0.25, -0.2) is 0 Å². The number of ether oxygens (including phenoxy) is 6. The second kappa shape index (κ2) is 23.0. The van der Waals surface area contributed by atoms with Gasteiger partial charge in [0.15, 0.2) is 12.2 Å². The monoisotopic (exact) mass is 1080 g/mol. The third kappa shape index (κ3) is 10.5. The first-order valence-electron chi connectivity index (χ1n) is 27.7. The minimum atomic E-state index is -1.13. The lowest BCUT2D eigenvalue weighted by Crippen LogP contribution is -2.35. The van der Waals surface area contributed by atoms with Crippen LogP contribution in [0.4, 0.5) is 11.4 Å². The molecule has 2 atom stereocenters. The fourth-order valence-corrected chi connectivity index (χ4v) is 11.5. The molecular formula is C72H58N2O8. The summed E-state index contributed by atoms with van der Waals surface area (Å²) >= 11 is 0. The molecule has 10 nitrogen and oxygen atoms in total. The first-order valence-corrected chi connectivity index (χ1v) is 27.7. The van der Waals surface area contributed by atoms with Crippen LogP contribution in [0.3, 0.4) is 0 Å². The Bertz CT molecular complexity index is 4000. The second-order valence-electron chi connectivity index (χ2n) is 20.6. The van der Waals surface area contributed by atoms with Gasteiger partial charge in [0.25, 0.3) is 11.8 Å². The van der Waals surface area contributed by atoms with Gasteiger partial charge in [-0.05, 0) is 133 Å². The van der Waals surface area contributed by atoms with Crippen LogP contribution >= 0.6 is 0 Å². The Morgan fingerprint density at radius 3 is 1.01 bits per heavy atom. The zero-order valence-corrected chi connectivity index (χ0v) is 45.1. The molecule has 1 aliphatic heterocycles. The lowest BCUT2D eigenvalue weighted by Gasteiger charge is -2.22. The predicted molar refractivity (Wildman–Crippen MR) is 331 cm³/mol. The highest BCUT2D eigenvalue weighted by Crippen LogP contribution is 2.42. The van der Waals surface area contributed by atoms with E-state index in [9.17, 15) is 9.59 Å². The lowest BCUT2D eigenvalue weighted by molar-refractivity contribution is -0.131. The summed E-state index contributed by atoms with van der Waals surface area (Å²) in [5, 5.41) is 21.1. The Morgan fingerprint density at radius 1 is 0.329 bits per heavy atom. The number of benzene rings is 12. The van der Waals surface area contributed by atoms with Gasteiger partial charge in [-0.1, -0.05) is 195 Å². The van der Waals surface area contributed by atoms with Gasteiger partial charge in [-0.15, -0.1) is 0 Å². The minimum absolute atomic E-state index is 0.0577. The maximum Gasteiger partial charge on any atom is 0.261 e. The number of rotatable bonds is 8. The third-order valence-corrected chi connectivity index (χ3v) is 15.5. The third-order valence-electron chi connectivity index (χ3n) is 15.5. The summed E-state index contributed by atoms with van der Waals surface area (Å²) in [7, 11) is 0. The van der Waals surface area contributed by atoms with E-state index in [0.717, 1.165) is 33.4 Å². The van der Waals surface area contributed by atoms with Gasteiger partial charge in [0.2, 0.25) is 0 Å². The molecule has 1 unspecified atom stereocenters. The van der Waals surface area contributed by atoms with E-state index >= 15 is 0 Å². The molecule has 13 rings (SSSR count). The van der Waals surface area contributed by atoms with E-state index in [2.05, 4.69) is 182 Å². The van der Waals surface area contributed by atoms with E-state index in [1.54, 1.807) is 0 Å². The molecule has 1 fully saturated rings. The Labute approximate surface area is 474 Å². The van der Waals surface area contributed by atoms with Crippen LogP contribution in [0.5, 0.6) is 0 Å². The van der Waals surface area contributed by atoms with Crippen molar-refractivity contribution in [1.29, 1.82) is 0 Å². The molecule has 0 saturated carbocycles. The van der Waals surface area contributed by atoms with Crippen LogP contribution in [0.15, 0.2) is 231 Å². The minimum Gasteiger partial charge on any atom is -0.493 e. The Morgan fingerprint density at radius 2 is 0.634 bits per heavy atom. The summed E-state index contributed by atoms with van der Waals surface area (Å²) in [6.07, 6.45) is -2.26. The molecule has 10 heteroatoms. The number of hydrogen-bond acceptors (Lipinski definition) is 8. The van der Waals surface area contributed by atoms with E-state index in [1.807, 2.05) is 48.5 Å². The van der Waals surface area contributed by atoms with Gasteiger partial charge in [-0.3, -0.25) is 9.59 Å². The quantitative estimate of drug-likeness (QED) is 0.145. The molecule has 82 heavy (non-hydrogen) atoms. The van der Waals surface area contributed by atoms with Crippen LogP contribution in [-0.4, -0.2) is 76.9 Å². The summed E-state index contributed by atoms with van der Waals surface area (Å²) in [4.78, 5) is 27.5. The van der Waals surface area contributed by atoms with Gasteiger partial charge in [0.1, 0.15) is 24.7 Å². The molecular weight excluding hydrogens is 1020 g/mol. The Balaban J connectivity index is 0.593. The van der Waals surface area contributed by atoms with Crippen molar-refractivity contribution in [2.45, 2.75) is 12.2 Å². The van der Waals surface area contributed by atoms with Crippen LogP contribution in [0.1, 0.15) is 0 Å². The fourth-order valence-electron chi connectivity index (χ4n) is 11.5. The highest BCUT2D eigenvalue weighted by Gasteiger charge is 2.27. The summed E-state index contributed by atoms with van der Waals surface area (Å²) in [5.41, 5.74) is 9.96. The normalized spacial score (nSPS) is 16.3. The van der Waals surface area contributed by atoms with Gasteiger partial charge in [0, 0.05) is 11.4 Å². The summed E-state index contributed by atoms with van der Waals surface area (Å²) in [5.74, 6) is -0.640. The molecule has 1 saturated heterocycles. The Hall–Kier alpha value is -9.42. The zero-order chi connectivity index (χ0) is 55.5. The molecule has 1 aliphatic rings. The van der Waals surface area contributed by atoms with Crippen molar-refractivity contribution in [1.82, 2.24) is 0 Å². The van der Waals surface area contributed by atoms with Crippen molar-refractivity contribution in [2.75, 3.05) is 63.5 Å². The number of carbonyl (C=O) groups is 2. The number of hydrogen-bond donors (Lipinski definition) is 2. The standard InChI is InChI=1S/C72H58N2O8/c1-45-69(71(75)73-59-29-21-49(22-30-59)47-9-13-51(14-10-47)61-33-25-57-19-17-53-5-3-7-55-27-35-63(61)67(57)65(53)55)81-43-39-78-38-42-80-46(2)70(82-44-40-77-37-41-79-45)72(76)74-60-31-23-50(24-32-60)48-11-15-52(16-12-48)62-34-26-58-20-18-54-6-4-8-56-28-36-64(62)68(58)66(54)56/h3-36,69-70H,1-2,37-44H2,(H,73,75)(H,74,76)/t69-,70?/m0/s1. The number of anilines is 2. The lowest BCUT2D eigenvalue weighted by atomic mass is 9.89. The van der Waals surface area contributed by atoms with Crippen LogP contribution in [0, 0.1) is 0 Å². The van der Waals surface area contributed by atoms with E-state index in [4.69, 9.17) is 28.4 Å². The van der Waals surface area contributed by atoms with Gasteiger partial charge in [0.05, 0.1) is 39.6 Å². The van der Waals surface area contributed by atoms with Crippen LogP contribution < -0.4 is 10.6 Å². The molecule has 0 spiro atoms. The molecule has 404 valence electrons. The number of nitrogens with one attached hydrogen (secondary N) is 2.